The van der Waals surface area contributed by atoms with Gasteiger partial charge in [0, 0.05) is 30.8 Å². The highest BCUT2D eigenvalue weighted by Crippen LogP contribution is 2.16. The van der Waals surface area contributed by atoms with Gasteiger partial charge in [0.05, 0.1) is 6.04 Å². The predicted molar refractivity (Wildman–Crippen MR) is 89.6 cm³/mol. The molecule has 0 unspecified atom stereocenters. The van der Waals surface area contributed by atoms with Crippen LogP contribution in [0.15, 0.2) is 54.9 Å². The molecule has 1 N–H and O–H groups in total. The van der Waals surface area contributed by atoms with Crippen molar-refractivity contribution < 1.29 is 4.79 Å². The predicted octanol–water partition coefficient (Wildman–Crippen LogP) is 3.01. The van der Waals surface area contributed by atoms with E-state index in [0.29, 0.717) is 5.69 Å². The van der Waals surface area contributed by atoms with E-state index in [1.165, 1.54) is 0 Å². The molecule has 3 aromatic rings. The van der Waals surface area contributed by atoms with Crippen LogP contribution < -0.4 is 5.32 Å². The van der Waals surface area contributed by atoms with Gasteiger partial charge >= 0.3 is 0 Å². The number of carbonyl (C=O) groups is 1. The minimum absolute atomic E-state index is 0.0801. The maximum absolute atomic E-state index is 12.3. The Morgan fingerprint density at radius 2 is 1.83 bits per heavy atom. The fourth-order valence-corrected chi connectivity index (χ4v) is 2.47. The monoisotopic (exact) mass is 308 g/mol. The summed E-state index contributed by atoms with van der Waals surface area (Å²) in [7, 11) is 1.83. The third-order valence-electron chi connectivity index (χ3n) is 3.99. The summed E-state index contributed by atoms with van der Waals surface area (Å²) in [6.07, 6.45) is 4.01. The lowest BCUT2D eigenvalue weighted by molar-refractivity contribution is 0.0934. The first-order valence-corrected chi connectivity index (χ1v) is 7.59. The number of amides is 1. The second-order valence-corrected chi connectivity index (χ2v) is 5.67. The lowest BCUT2D eigenvalue weighted by Crippen LogP contribution is -2.27. The molecule has 5 nitrogen and oxygen atoms in total. The minimum atomic E-state index is -0.157. The van der Waals surface area contributed by atoms with Gasteiger partial charge in [-0.05, 0) is 49.7 Å². The van der Waals surface area contributed by atoms with Crippen molar-refractivity contribution in [1.29, 1.82) is 0 Å². The third kappa shape index (κ3) is 3.18. The van der Waals surface area contributed by atoms with Crippen LogP contribution in [0.25, 0.3) is 5.69 Å². The molecule has 0 aliphatic heterocycles. The summed E-state index contributed by atoms with van der Waals surface area (Å²) in [5.41, 5.74) is 3.55. The van der Waals surface area contributed by atoms with E-state index < -0.39 is 0 Å². The van der Waals surface area contributed by atoms with E-state index in [2.05, 4.69) is 10.4 Å². The smallest absolute Gasteiger partial charge is 0.272 e. The van der Waals surface area contributed by atoms with Crippen molar-refractivity contribution in [3.8, 4) is 5.69 Å². The lowest BCUT2D eigenvalue weighted by Gasteiger charge is -2.14. The van der Waals surface area contributed by atoms with Gasteiger partial charge in [-0.3, -0.25) is 9.48 Å². The first kappa shape index (κ1) is 15.1. The molecule has 0 saturated heterocycles. The molecule has 2 aromatic heterocycles. The fraction of sp³-hybridized carbons (Fsp3) is 0.222. The van der Waals surface area contributed by atoms with Crippen LogP contribution in [-0.4, -0.2) is 20.3 Å². The van der Waals surface area contributed by atoms with Crippen molar-refractivity contribution in [2.24, 2.45) is 7.05 Å². The van der Waals surface area contributed by atoms with E-state index in [9.17, 15) is 4.79 Å². The van der Waals surface area contributed by atoms with Crippen molar-refractivity contribution in [1.82, 2.24) is 19.7 Å². The van der Waals surface area contributed by atoms with Crippen LogP contribution in [0.1, 0.15) is 34.7 Å². The number of nitrogens with zero attached hydrogens (tertiary/aromatic N) is 3. The Kier molecular flexibility index (Phi) is 4.02. The highest BCUT2D eigenvalue weighted by molar-refractivity contribution is 5.92. The van der Waals surface area contributed by atoms with Gasteiger partial charge < -0.3 is 9.88 Å². The molecular weight excluding hydrogens is 288 g/mol. The molecule has 0 saturated carbocycles. The number of carbonyl (C=O) groups excluding carboxylic acids is 1. The third-order valence-corrected chi connectivity index (χ3v) is 3.99. The molecule has 0 radical (unpaired) electrons. The Labute approximate surface area is 135 Å². The Balaban J connectivity index is 1.70. The molecule has 0 aliphatic rings. The number of aryl methyl sites for hydroxylation is 2. The van der Waals surface area contributed by atoms with Crippen LogP contribution in [0.4, 0.5) is 0 Å². The molecule has 0 aliphatic carbocycles. The highest BCUT2D eigenvalue weighted by Gasteiger charge is 2.14. The van der Waals surface area contributed by atoms with Crippen LogP contribution in [0.2, 0.25) is 0 Å². The van der Waals surface area contributed by atoms with Crippen molar-refractivity contribution in [3.05, 3.63) is 71.8 Å². The van der Waals surface area contributed by atoms with E-state index in [1.54, 1.807) is 10.7 Å². The standard InChI is InChI=1S/C18H20N4O/c1-13-12-17(20-21(13)3)18(23)19-14(2)15-6-8-16(9-7-15)22-10-4-5-11-22/h4-12,14H,1-3H3,(H,19,23)/t14-/m1/s1. The average Bonchev–Trinajstić information content (AvgIpc) is 3.18. The Hall–Kier alpha value is -2.82. The highest BCUT2D eigenvalue weighted by atomic mass is 16.2. The van der Waals surface area contributed by atoms with Gasteiger partial charge in [0.1, 0.15) is 5.69 Å². The van der Waals surface area contributed by atoms with Gasteiger partial charge in [-0.2, -0.15) is 5.10 Å². The fourth-order valence-electron chi connectivity index (χ4n) is 2.47. The van der Waals surface area contributed by atoms with Crippen molar-refractivity contribution in [2.75, 3.05) is 0 Å². The van der Waals surface area contributed by atoms with E-state index in [-0.39, 0.29) is 11.9 Å². The van der Waals surface area contributed by atoms with Crippen molar-refractivity contribution in [3.63, 3.8) is 0 Å². The normalized spacial score (nSPS) is 12.1. The van der Waals surface area contributed by atoms with E-state index in [1.807, 2.05) is 74.3 Å². The molecule has 2 heterocycles. The summed E-state index contributed by atoms with van der Waals surface area (Å²) in [6.45, 7) is 3.89. The molecule has 118 valence electrons. The topological polar surface area (TPSA) is 51.9 Å². The molecule has 0 fully saturated rings. The Morgan fingerprint density at radius 1 is 1.17 bits per heavy atom. The van der Waals surface area contributed by atoms with Gasteiger partial charge in [-0.25, -0.2) is 0 Å². The van der Waals surface area contributed by atoms with Gasteiger partial charge in [0.2, 0.25) is 0 Å². The number of benzene rings is 1. The molecule has 3 rings (SSSR count). The number of hydrogen-bond donors (Lipinski definition) is 1. The summed E-state index contributed by atoms with van der Waals surface area (Å²) in [5, 5.41) is 7.19. The van der Waals surface area contributed by atoms with Gasteiger partial charge in [-0.1, -0.05) is 12.1 Å². The van der Waals surface area contributed by atoms with E-state index in [4.69, 9.17) is 0 Å². The molecule has 0 bridgehead atoms. The first-order chi connectivity index (χ1) is 11.0. The molecule has 1 aromatic carbocycles. The molecule has 0 spiro atoms. The molecule has 1 atom stereocenters. The summed E-state index contributed by atoms with van der Waals surface area (Å²) >= 11 is 0. The first-order valence-electron chi connectivity index (χ1n) is 7.59. The summed E-state index contributed by atoms with van der Waals surface area (Å²) < 4.78 is 3.75. The van der Waals surface area contributed by atoms with Crippen molar-refractivity contribution >= 4 is 5.91 Å². The molecule has 23 heavy (non-hydrogen) atoms. The maximum Gasteiger partial charge on any atom is 0.272 e. The number of hydrogen-bond acceptors (Lipinski definition) is 2. The Morgan fingerprint density at radius 3 is 2.39 bits per heavy atom. The number of rotatable bonds is 4. The van der Waals surface area contributed by atoms with Gasteiger partial charge in [0.15, 0.2) is 0 Å². The summed E-state index contributed by atoms with van der Waals surface area (Å²) in [4.78, 5) is 12.3. The van der Waals surface area contributed by atoms with Crippen LogP contribution in [0, 0.1) is 6.92 Å². The van der Waals surface area contributed by atoms with Crippen LogP contribution in [-0.2, 0) is 7.05 Å². The maximum atomic E-state index is 12.3. The molecule has 1 amide bonds. The van der Waals surface area contributed by atoms with E-state index in [0.717, 1.165) is 16.9 Å². The van der Waals surface area contributed by atoms with Gasteiger partial charge in [0.25, 0.3) is 5.91 Å². The Bertz CT molecular complexity index is 781. The largest absolute Gasteiger partial charge is 0.344 e. The van der Waals surface area contributed by atoms with Crippen LogP contribution in [0.3, 0.4) is 0 Å². The second kappa shape index (κ2) is 6.12. The van der Waals surface area contributed by atoms with Crippen molar-refractivity contribution in [2.45, 2.75) is 19.9 Å². The van der Waals surface area contributed by atoms with E-state index >= 15 is 0 Å². The van der Waals surface area contributed by atoms with Gasteiger partial charge in [-0.15, -0.1) is 0 Å². The summed E-state index contributed by atoms with van der Waals surface area (Å²) in [6, 6.07) is 13.8. The van der Waals surface area contributed by atoms with Crippen LogP contribution in [0.5, 0.6) is 0 Å². The quantitative estimate of drug-likeness (QED) is 0.805. The number of nitrogens with one attached hydrogen (secondary N) is 1. The van der Waals surface area contributed by atoms with Crippen LogP contribution >= 0.6 is 0 Å². The second-order valence-electron chi connectivity index (χ2n) is 5.67. The summed E-state index contributed by atoms with van der Waals surface area (Å²) in [5.74, 6) is -0.157. The molecule has 5 heteroatoms. The zero-order chi connectivity index (χ0) is 16.4. The lowest BCUT2D eigenvalue weighted by atomic mass is 10.1. The number of aromatic nitrogens is 3. The minimum Gasteiger partial charge on any atom is -0.344 e. The zero-order valence-corrected chi connectivity index (χ0v) is 13.5. The average molecular weight is 308 g/mol. The SMILES string of the molecule is Cc1cc(C(=O)N[C@H](C)c2ccc(-n3cccc3)cc2)nn1C. The zero-order valence-electron chi connectivity index (χ0n) is 13.5. The molecular formula is C18H20N4O.